The zero-order chi connectivity index (χ0) is 16.4. The topological polar surface area (TPSA) is 57.8 Å². The number of allylic oxidation sites excluding steroid dienone is 1. The zero-order valence-corrected chi connectivity index (χ0v) is 13.5. The summed E-state index contributed by atoms with van der Waals surface area (Å²) in [6.45, 7) is 7.89. The minimum absolute atomic E-state index is 0.516. The highest BCUT2D eigenvalue weighted by Crippen LogP contribution is 2.35. The fourth-order valence-corrected chi connectivity index (χ4v) is 3.66. The molecular weight excluding hydrogens is 290 g/mol. The average Bonchev–Trinajstić information content (AvgIpc) is 2.85. The first-order chi connectivity index (χ1) is 11.1. The Balaban J connectivity index is 1.84. The molecule has 23 heavy (non-hydrogen) atoms. The van der Waals surface area contributed by atoms with Crippen molar-refractivity contribution < 1.29 is 9.90 Å². The lowest BCUT2D eigenvalue weighted by molar-refractivity contribution is -0.152. The van der Waals surface area contributed by atoms with Crippen molar-refractivity contribution >= 4 is 11.5 Å². The number of carbonyl (C=O) groups is 1. The quantitative estimate of drug-likeness (QED) is 0.862. The largest absolute Gasteiger partial charge is 0.481 e. The van der Waals surface area contributed by atoms with Gasteiger partial charge in [-0.15, -0.1) is 6.58 Å². The first kappa shape index (κ1) is 15.7. The van der Waals surface area contributed by atoms with Crippen molar-refractivity contribution in [2.75, 3.05) is 13.1 Å². The zero-order valence-electron chi connectivity index (χ0n) is 13.5. The van der Waals surface area contributed by atoms with Crippen LogP contribution in [0.3, 0.4) is 0 Å². The van der Waals surface area contributed by atoms with Crippen LogP contribution in [0.1, 0.15) is 30.8 Å². The predicted octanol–water partition coefficient (Wildman–Crippen LogP) is 2.89. The van der Waals surface area contributed by atoms with E-state index < -0.39 is 11.4 Å². The molecule has 0 spiro atoms. The summed E-state index contributed by atoms with van der Waals surface area (Å²) in [5, 5.41) is 9.69. The summed E-state index contributed by atoms with van der Waals surface area (Å²) in [5.74, 6) is 0.246. The van der Waals surface area contributed by atoms with Crippen LogP contribution >= 0.6 is 0 Å². The van der Waals surface area contributed by atoms with Gasteiger partial charge in [-0.2, -0.15) is 0 Å². The van der Waals surface area contributed by atoms with Gasteiger partial charge in [-0.05, 0) is 44.9 Å². The van der Waals surface area contributed by atoms with Gasteiger partial charge in [0.05, 0.1) is 16.6 Å². The fraction of sp³-hybridized carbons (Fsp3) is 0.444. The third kappa shape index (κ3) is 2.88. The molecule has 0 aromatic carbocycles. The molecule has 0 aliphatic carbocycles. The van der Waals surface area contributed by atoms with Crippen molar-refractivity contribution in [2.24, 2.45) is 5.41 Å². The lowest BCUT2D eigenvalue weighted by Crippen LogP contribution is -2.47. The lowest BCUT2D eigenvalue weighted by atomic mass is 9.77. The van der Waals surface area contributed by atoms with E-state index in [0.29, 0.717) is 25.9 Å². The molecule has 1 aliphatic heterocycles. The molecule has 1 aliphatic rings. The highest BCUT2D eigenvalue weighted by Gasteiger charge is 2.41. The van der Waals surface area contributed by atoms with Gasteiger partial charge in [-0.25, -0.2) is 4.98 Å². The molecule has 2 aromatic rings. The smallest absolute Gasteiger partial charge is 0.311 e. The molecule has 3 heterocycles. The van der Waals surface area contributed by atoms with Crippen molar-refractivity contribution in [3.8, 4) is 0 Å². The Bertz CT molecular complexity index is 737. The average molecular weight is 313 g/mol. The number of piperidine rings is 1. The van der Waals surface area contributed by atoms with E-state index in [9.17, 15) is 9.90 Å². The molecule has 1 N–H and O–H groups in total. The Labute approximate surface area is 136 Å². The van der Waals surface area contributed by atoms with E-state index in [1.54, 1.807) is 6.08 Å². The van der Waals surface area contributed by atoms with Crippen molar-refractivity contribution in [3.05, 3.63) is 48.6 Å². The number of carboxylic acid groups (broad SMARTS) is 1. The Kier molecular flexibility index (Phi) is 4.22. The number of imidazole rings is 1. The van der Waals surface area contributed by atoms with Gasteiger partial charge in [-0.1, -0.05) is 12.1 Å². The number of pyridine rings is 1. The number of carboxylic acids is 1. The van der Waals surface area contributed by atoms with Gasteiger partial charge < -0.3 is 9.51 Å². The number of likely N-dealkylation sites (tertiary alicyclic amines) is 1. The summed E-state index contributed by atoms with van der Waals surface area (Å²) in [6.07, 6.45) is 5.87. The first-order valence-electron chi connectivity index (χ1n) is 8.05. The maximum Gasteiger partial charge on any atom is 0.311 e. The van der Waals surface area contributed by atoms with Crippen LogP contribution in [-0.2, 0) is 11.3 Å². The van der Waals surface area contributed by atoms with Crippen LogP contribution in [-0.4, -0.2) is 38.4 Å². The van der Waals surface area contributed by atoms with Crippen LogP contribution in [0.5, 0.6) is 0 Å². The van der Waals surface area contributed by atoms with E-state index in [0.717, 1.165) is 30.0 Å². The molecule has 5 heteroatoms. The SMILES string of the molecule is C=CC[C@]1(C(=O)O)CCCN(Cc2nc(C)n3ccccc23)C1. The normalized spacial score (nSPS) is 22.3. The highest BCUT2D eigenvalue weighted by molar-refractivity contribution is 5.75. The summed E-state index contributed by atoms with van der Waals surface area (Å²) >= 11 is 0. The third-order valence-electron chi connectivity index (χ3n) is 4.82. The van der Waals surface area contributed by atoms with Crippen molar-refractivity contribution in [3.63, 3.8) is 0 Å². The van der Waals surface area contributed by atoms with Gasteiger partial charge >= 0.3 is 5.97 Å². The van der Waals surface area contributed by atoms with Gasteiger partial charge in [0.25, 0.3) is 0 Å². The van der Waals surface area contributed by atoms with E-state index >= 15 is 0 Å². The Morgan fingerprint density at radius 2 is 2.35 bits per heavy atom. The van der Waals surface area contributed by atoms with Crippen LogP contribution in [0.4, 0.5) is 0 Å². The number of hydrogen-bond donors (Lipinski definition) is 1. The molecule has 1 fully saturated rings. The van der Waals surface area contributed by atoms with E-state index in [2.05, 4.69) is 26.9 Å². The second-order valence-corrected chi connectivity index (χ2v) is 6.45. The molecule has 3 rings (SSSR count). The molecule has 2 aromatic heterocycles. The van der Waals surface area contributed by atoms with Gasteiger partial charge in [-0.3, -0.25) is 9.69 Å². The minimum atomic E-state index is -0.715. The lowest BCUT2D eigenvalue weighted by Gasteiger charge is -2.39. The van der Waals surface area contributed by atoms with Crippen LogP contribution in [0.25, 0.3) is 5.52 Å². The van der Waals surface area contributed by atoms with E-state index in [1.165, 1.54) is 0 Å². The summed E-state index contributed by atoms with van der Waals surface area (Å²) < 4.78 is 2.08. The molecule has 0 unspecified atom stereocenters. The number of fused-ring (bicyclic) bond motifs is 1. The van der Waals surface area contributed by atoms with E-state index in [-0.39, 0.29) is 0 Å². The summed E-state index contributed by atoms with van der Waals surface area (Å²) in [6, 6.07) is 6.06. The maximum absolute atomic E-state index is 11.8. The number of aliphatic carboxylic acids is 1. The van der Waals surface area contributed by atoms with Gasteiger partial charge in [0.1, 0.15) is 5.82 Å². The van der Waals surface area contributed by atoms with Gasteiger partial charge in [0.2, 0.25) is 0 Å². The Hall–Kier alpha value is -2.14. The number of aryl methyl sites for hydroxylation is 1. The predicted molar refractivity (Wildman–Crippen MR) is 89.3 cm³/mol. The second-order valence-electron chi connectivity index (χ2n) is 6.45. The number of rotatable bonds is 5. The van der Waals surface area contributed by atoms with Crippen molar-refractivity contribution in [2.45, 2.75) is 32.7 Å². The molecule has 1 atom stereocenters. The van der Waals surface area contributed by atoms with Crippen LogP contribution in [0, 0.1) is 12.3 Å². The van der Waals surface area contributed by atoms with Crippen LogP contribution in [0.15, 0.2) is 37.1 Å². The fourth-order valence-electron chi connectivity index (χ4n) is 3.66. The highest BCUT2D eigenvalue weighted by atomic mass is 16.4. The molecule has 122 valence electrons. The molecule has 5 nitrogen and oxygen atoms in total. The standard InChI is InChI=1S/C18H23N3O2/c1-3-8-18(17(22)23)9-6-10-20(13-18)12-15-16-7-4-5-11-21(16)14(2)19-15/h3-5,7,11H,1,6,8-10,12-13H2,2H3,(H,22,23)/t18-/m0/s1. The Morgan fingerprint density at radius 1 is 1.52 bits per heavy atom. The molecule has 0 radical (unpaired) electrons. The maximum atomic E-state index is 11.8. The molecule has 0 bridgehead atoms. The van der Waals surface area contributed by atoms with Crippen LogP contribution in [0.2, 0.25) is 0 Å². The minimum Gasteiger partial charge on any atom is -0.481 e. The van der Waals surface area contributed by atoms with Crippen LogP contribution < -0.4 is 0 Å². The van der Waals surface area contributed by atoms with Gasteiger partial charge in [0, 0.05) is 19.3 Å². The molecule has 0 amide bonds. The third-order valence-corrected chi connectivity index (χ3v) is 4.82. The molecular formula is C18H23N3O2. The number of hydrogen-bond acceptors (Lipinski definition) is 3. The molecule has 1 saturated heterocycles. The summed E-state index contributed by atoms with van der Waals surface area (Å²) in [7, 11) is 0. The Morgan fingerprint density at radius 3 is 3.09 bits per heavy atom. The van der Waals surface area contributed by atoms with Crippen molar-refractivity contribution in [1.29, 1.82) is 0 Å². The second kappa shape index (κ2) is 6.16. The first-order valence-corrected chi connectivity index (χ1v) is 8.05. The summed E-state index contributed by atoms with van der Waals surface area (Å²) in [5.41, 5.74) is 1.41. The number of nitrogens with zero attached hydrogens (tertiary/aromatic N) is 3. The van der Waals surface area contributed by atoms with Crippen molar-refractivity contribution in [1.82, 2.24) is 14.3 Å². The van der Waals surface area contributed by atoms with E-state index in [1.807, 2.05) is 25.3 Å². The number of aromatic nitrogens is 2. The van der Waals surface area contributed by atoms with E-state index in [4.69, 9.17) is 0 Å². The molecule has 0 saturated carbocycles. The summed E-state index contributed by atoms with van der Waals surface area (Å²) in [4.78, 5) is 18.7. The van der Waals surface area contributed by atoms with Gasteiger partial charge in [0.15, 0.2) is 0 Å². The monoisotopic (exact) mass is 313 g/mol.